The Morgan fingerprint density at radius 2 is 0.358 bits per heavy atom. The molecule has 0 fully saturated rings. The standard InChI is InChI=1S/C45H92O22/c1-3-45(42-46,43-47)44-67-41-40-66-39-38-65-37-36-64-35-34-63-33-32-62-31-30-61-29-28-60-27-26-59-25-24-58-23-22-57-21-20-56-19-18-55-17-16-54-15-14-53-13-12-52-11-10-51-9-8-50-7-6-49-5-4-48-2/h46-47H,3-44H2,1-2H3. The van der Waals surface area contributed by atoms with Gasteiger partial charge in [-0.2, -0.15) is 0 Å². The summed E-state index contributed by atoms with van der Waals surface area (Å²) in [6.45, 7) is 20.7. The molecule has 0 unspecified atom stereocenters. The van der Waals surface area contributed by atoms with Crippen molar-refractivity contribution < 1.29 is 105 Å². The summed E-state index contributed by atoms with van der Waals surface area (Å²) in [7, 11) is 1.64. The first-order valence-corrected chi connectivity index (χ1v) is 23.9. The zero-order valence-corrected chi connectivity index (χ0v) is 41.3. The number of methoxy groups -OCH3 is 1. The van der Waals surface area contributed by atoms with Gasteiger partial charge in [-0.25, -0.2) is 0 Å². The Bertz CT molecular complexity index is 875. The Hall–Kier alpha value is -0.880. The third-order valence-electron chi connectivity index (χ3n) is 8.96. The molecule has 2 N–H and O–H groups in total. The van der Waals surface area contributed by atoms with Crippen LogP contribution in [0.3, 0.4) is 0 Å². The molecule has 0 aromatic carbocycles. The van der Waals surface area contributed by atoms with Gasteiger partial charge in [0.1, 0.15) is 0 Å². The lowest BCUT2D eigenvalue weighted by Crippen LogP contribution is -2.34. The lowest BCUT2D eigenvalue weighted by atomic mass is 9.88. The van der Waals surface area contributed by atoms with E-state index in [4.69, 9.17) is 94.7 Å². The summed E-state index contributed by atoms with van der Waals surface area (Å²) in [5, 5.41) is 18.8. The summed E-state index contributed by atoms with van der Waals surface area (Å²) in [5.74, 6) is 0. The smallest absolute Gasteiger partial charge is 0.0701 e. The number of hydrogen-bond donors (Lipinski definition) is 2. The number of aliphatic hydroxyl groups is 2. The fourth-order valence-corrected chi connectivity index (χ4v) is 4.86. The molecule has 0 bridgehead atoms. The summed E-state index contributed by atoms with van der Waals surface area (Å²) < 4.78 is 109. The second kappa shape index (κ2) is 59.4. The highest BCUT2D eigenvalue weighted by Crippen LogP contribution is 2.20. The van der Waals surface area contributed by atoms with Crippen LogP contribution in [0.15, 0.2) is 0 Å². The molecule has 0 aromatic heterocycles. The van der Waals surface area contributed by atoms with E-state index in [0.717, 1.165) is 0 Å². The highest BCUT2D eigenvalue weighted by atomic mass is 16.6. The first-order chi connectivity index (χ1) is 33.2. The minimum absolute atomic E-state index is 0.108. The van der Waals surface area contributed by atoms with Crippen LogP contribution >= 0.6 is 0 Å². The van der Waals surface area contributed by atoms with E-state index in [1.807, 2.05) is 6.92 Å². The summed E-state index contributed by atoms with van der Waals surface area (Å²) in [6, 6.07) is 0. The van der Waals surface area contributed by atoms with E-state index in [9.17, 15) is 10.2 Å². The Balaban J connectivity index is 3.10. The van der Waals surface area contributed by atoms with E-state index in [-0.39, 0.29) is 13.2 Å². The van der Waals surface area contributed by atoms with Crippen LogP contribution in [0.25, 0.3) is 0 Å². The zero-order chi connectivity index (χ0) is 48.3. The van der Waals surface area contributed by atoms with Gasteiger partial charge in [-0.15, -0.1) is 0 Å². The number of hydrogen-bond acceptors (Lipinski definition) is 22. The van der Waals surface area contributed by atoms with Crippen LogP contribution in [-0.4, -0.2) is 288 Å². The number of rotatable bonds is 62. The molecule has 22 heteroatoms. The van der Waals surface area contributed by atoms with E-state index in [1.165, 1.54) is 0 Å². The summed E-state index contributed by atoms with van der Waals surface area (Å²) in [4.78, 5) is 0. The van der Waals surface area contributed by atoms with Gasteiger partial charge in [0.2, 0.25) is 0 Å². The van der Waals surface area contributed by atoms with Crippen molar-refractivity contribution in [1.82, 2.24) is 0 Å². The van der Waals surface area contributed by atoms with Crippen LogP contribution in [0.2, 0.25) is 0 Å². The minimum Gasteiger partial charge on any atom is -0.396 e. The van der Waals surface area contributed by atoms with E-state index in [0.29, 0.717) is 264 Å². The molecule has 0 radical (unpaired) electrons. The highest BCUT2D eigenvalue weighted by Gasteiger charge is 2.26. The molecule has 0 aromatic rings. The van der Waals surface area contributed by atoms with Gasteiger partial charge >= 0.3 is 0 Å². The number of aliphatic hydroxyl groups excluding tert-OH is 2. The van der Waals surface area contributed by atoms with Crippen molar-refractivity contribution in [1.29, 1.82) is 0 Å². The van der Waals surface area contributed by atoms with Gasteiger partial charge in [-0.05, 0) is 6.42 Å². The topological polar surface area (TPSA) is 225 Å². The van der Waals surface area contributed by atoms with Crippen molar-refractivity contribution >= 4 is 0 Å². The monoisotopic (exact) mass is 985 g/mol. The van der Waals surface area contributed by atoms with Crippen molar-refractivity contribution in [2.24, 2.45) is 5.41 Å². The average Bonchev–Trinajstić information content (AvgIpc) is 3.35. The van der Waals surface area contributed by atoms with Crippen LogP contribution in [0.5, 0.6) is 0 Å². The average molecular weight is 985 g/mol. The molecule has 0 atom stereocenters. The highest BCUT2D eigenvalue weighted by molar-refractivity contribution is 4.75. The van der Waals surface area contributed by atoms with Gasteiger partial charge in [0.05, 0.1) is 271 Å². The maximum absolute atomic E-state index is 9.41. The lowest BCUT2D eigenvalue weighted by molar-refractivity contribution is -0.0500. The Labute approximate surface area is 401 Å². The quantitative estimate of drug-likeness (QED) is 0.0784. The normalized spacial score (nSPS) is 12.0. The first-order valence-electron chi connectivity index (χ1n) is 23.9. The fraction of sp³-hybridized carbons (Fsp3) is 1.00. The molecule has 67 heavy (non-hydrogen) atoms. The first kappa shape index (κ1) is 66.1. The Morgan fingerprint density at radius 3 is 0.478 bits per heavy atom. The third-order valence-corrected chi connectivity index (χ3v) is 8.96. The third kappa shape index (κ3) is 54.3. The van der Waals surface area contributed by atoms with Crippen LogP contribution in [0.1, 0.15) is 13.3 Å². The lowest BCUT2D eigenvalue weighted by Gasteiger charge is -2.27. The van der Waals surface area contributed by atoms with Gasteiger partial charge < -0.3 is 105 Å². The van der Waals surface area contributed by atoms with E-state index < -0.39 is 5.41 Å². The molecular weight excluding hydrogens is 892 g/mol. The molecule has 0 spiro atoms. The molecule has 0 amide bonds. The SMILES string of the molecule is CCC(CO)(CO)COCCOCCOCCOCCOCCOCCOCCOCCOCCOCCOCCOCCOCCOCCOCCOCCOCCOCCOCCOC. The molecule has 0 aliphatic rings. The molecule has 0 saturated carbocycles. The molecule has 0 saturated heterocycles. The summed E-state index contributed by atoms with van der Waals surface area (Å²) >= 11 is 0. The van der Waals surface area contributed by atoms with Crippen molar-refractivity contribution in [2.45, 2.75) is 13.3 Å². The van der Waals surface area contributed by atoms with Gasteiger partial charge in [0.15, 0.2) is 0 Å². The molecular formula is C45H92O22. The second-order valence-corrected chi connectivity index (χ2v) is 14.2. The maximum Gasteiger partial charge on any atom is 0.0701 e. The van der Waals surface area contributed by atoms with Gasteiger partial charge in [0.25, 0.3) is 0 Å². The molecule has 0 rings (SSSR count). The molecule has 404 valence electrons. The fourth-order valence-electron chi connectivity index (χ4n) is 4.86. The second-order valence-electron chi connectivity index (χ2n) is 14.2. The van der Waals surface area contributed by atoms with Crippen LogP contribution < -0.4 is 0 Å². The van der Waals surface area contributed by atoms with E-state index in [1.54, 1.807) is 7.11 Å². The predicted octanol–water partition coefficient (Wildman–Crippen LogP) is 0.329. The minimum atomic E-state index is -0.588. The molecule has 0 aliphatic heterocycles. The van der Waals surface area contributed by atoms with Crippen LogP contribution in [-0.2, 0) is 94.7 Å². The van der Waals surface area contributed by atoms with Gasteiger partial charge in [0, 0.05) is 12.5 Å². The van der Waals surface area contributed by atoms with Crippen LogP contribution in [0, 0.1) is 5.41 Å². The van der Waals surface area contributed by atoms with Gasteiger partial charge in [-0.1, -0.05) is 6.92 Å². The van der Waals surface area contributed by atoms with Crippen LogP contribution in [0.4, 0.5) is 0 Å². The summed E-state index contributed by atoms with van der Waals surface area (Å²) in [6.07, 6.45) is 0.642. The van der Waals surface area contributed by atoms with E-state index >= 15 is 0 Å². The Kier molecular flexibility index (Phi) is 58.6. The summed E-state index contributed by atoms with van der Waals surface area (Å²) in [5.41, 5.74) is -0.588. The Morgan fingerprint density at radius 1 is 0.224 bits per heavy atom. The van der Waals surface area contributed by atoms with Gasteiger partial charge in [-0.3, -0.25) is 0 Å². The van der Waals surface area contributed by atoms with Crippen molar-refractivity contribution in [2.75, 3.05) is 278 Å². The molecule has 22 nitrogen and oxygen atoms in total. The molecule has 0 aliphatic carbocycles. The van der Waals surface area contributed by atoms with E-state index in [2.05, 4.69) is 0 Å². The maximum atomic E-state index is 9.41. The number of ether oxygens (including phenoxy) is 20. The van der Waals surface area contributed by atoms with Crippen molar-refractivity contribution in [3.63, 3.8) is 0 Å². The largest absolute Gasteiger partial charge is 0.396 e. The van der Waals surface area contributed by atoms with Crippen molar-refractivity contribution in [3.05, 3.63) is 0 Å². The predicted molar refractivity (Wildman–Crippen MR) is 244 cm³/mol. The zero-order valence-electron chi connectivity index (χ0n) is 41.3. The van der Waals surface area contributed by atoms with Crippen molar-refractivity contribution in [3.8, 4) is 0 Å². The molecule has 0 heterocycles.